The molecule has 2 fully saturated rings. The molecule has 1 aromatic heterocycles. The lowest BCUT2D eigenvalue weighted by Crippen LogP contribution is -2.51. The normalized spacial score (nSPS) is 19.1. The molecule has 3 aromatic rings. The number of hydrogen-bond acceptors (Lipinski definition) is 4. The number of aromatic nitrogens is 1. The fourth-order valence-electron chi connectivity index (χ4n) is 4.80. The average Bonchev–Trinajstić information content (AvgIpc) is 3.19. The minimum absolute atomic E-state index is 0.0710. The van der Waals surface area contributed by atoms with Crippen molar-refractivity contribution in [3.05, 3.63) is 71.8 Å². The maximum absolute atomic E-state index is 13.1. The quantitative estimate of drug-likeness (QED) is 0.640. The molecule has 1 atom stereocenters. The summed E-state index contributed by atoms with van der Waals surface area (Å²) in [6.07, 6.45) is 0.317. The highest BCUT2D eigenvalue weighted by Gasteiger charge is 2.37. The number of likely N-dealkylation sites (tertiary alicyclic amines) is 1. The maximum atomic E-state index is 13.1. The third-order valence-corrected chi connectivity index (χ3v) is 6.60. The zero-order valence-electron chi connectivity index (χ0n) is 18.4. The molecule has 6 nitrogen and oxygen atoms in total. The Morgan fingerprint density at radius 1 is 1.00 bits per heavy atom. The van der Waals surface area contributed by atoms with Crippen LogP contribution in [0.4, 0.5) is 5.82 Å². The summed E-state index contributed by atoms with van der Waals surface area (Å²) >= 11 is 0. The largest absolute Gasteiger partial charge is 0.353 e. The van der Waals surface area contributed by atoms with E-state index in [-0.39, 0.29) is 17.7 Å². The lowest BCUT2D eigenvalue weighted by molar-refractivity contribution is -0.136. The Kier molecular flexibility index (Phi) is 5.52. The van der Waals surface area contributed by atoms with Gasteiger partial charge in [-0.3, -0.25) is 9.59 Å². The van der Waals surface area contributed by atoms with Crippen molar-refractivity contribution in [1.29, 1.82) is 0 Å². The second kappa shape index (κ2) is 8.61. The second-order valence-electron chi connectivity index (χ2n) is 8.79. The molecule has 2 amide bonds. The van der Waals surface area contributed by atoms with E-state index < -0.39 is 0 Å². The highest BCUT2D eigenvalue weighted by Crippen LogP contribution is 2.25. The van der Waals surface area contributed by atoms with Crippen molar-refractivity contribution in [2.75, 3.05) is 37.6 Å². The standard InChI is InChI=1S/C26H28N4O2/c1-19-15-24(27-23-10-6-5-9-22(19)23)28-11-13-29(14-12-28)26(32)21-16-25(31)30(18-21)17-20-7-3-2-4-8-20/h2-10,15,21H,11-14,16-18H2,1H3. The van der Waals surface area contributed by atoms with Crippen LogP contribution in [0.1, 0.15) is 17.5 Å². The molecule has 0 N–H and O–H groups in total. The lowest BCUT2D eigenvalue weighted by Gasteiger charge is -2.36. The van der Waals surface area contributed by atoms with Crippen LogP contribution >= 0.6 is 0 Å². The summed E-state index contributed by atoms with van der Waals surface area (Å²) in [6, 6.07) is 20.3. The Morgan fingerprint density at radius 2 is 1.72 bits per heavy atom. The molecule has 1 unspecified atom stereocenters. The van der Waals surface area contributed by atoms with Gasteiger partial charge in [-0.1, -0.05) is 48.5 Å². The Bertz CT molecular complexity index is 1140. The van der Waals surface area contributed by atoms with E-state index >= 15 is 0 Å². The van der Waals surface area contributed by atoms with Gasteiger partial charge in [0.05, 0.1) is 11.4 Å². The van der Waals surface area contributed by atoms with E-state index in [1.807, 2.05) is 58.3 Å². The van der Waals surface area contributed by atoms with E-state index in [1.165, 1.54) is 10.9 Å². The number of hydrogen-bond donors (Lipinski definition) is 0. The Labute approximate surface area is 188 Å². The smallest absolute Gasteiger partial charge is 0.228 e. The summed E-state index contributed by atoms with van der Waals surface area (Å²) in [6.45, 7) is 6.04. The molecular weight excluding hydrogens is 400 g/mol. The van der Waals surface area contributed by atoms with Gasteiger partial charge in [-0.25, -0.2) is 4.98 Å². The zero-order chi connectivity index (χ0) is 22.1. The van der Waals surface area contributed by atoms with E-state index in [9.17, 15) is 9.59 Å². The molecule has 0 bridgehead atoms. The first-order valence-corrected chi connectivity index (χ1v) is 11.3. The summed E-state index contributed by atoms with van der Waals surface area (Å²) < 4.78 is 0. The number of benzene rings is 2. The molecule has 2 aromatic carbocycles. The number of aryl methyl sites for hydroxylation is 1. The van der Waals surface area contributed by atoms with Crippen molar-refractivity contribution in [3.63, 3.8) is 0 Å². The molecule has 0 radical (unpaired) electrons. The predicted octanol–water partition coefficient (Wildman–Crippen LogP) is 3.24. The predicted molar refractivity (Wildman–Crippen MR) is 125 cm³/mol. The molecule has 0 spiro atoms. The zero-order valence-corrected chi connectivity index (χ0v) is 18.4. The molecular formula is C26H28N4O2. The summed E-state index contributed by atoms with van der Waals surface area (Å²) in [7, 11) is 0. The number of anilines is 1. The minimum Gasteiger partial charge on any atom is -0.353 e. The van der Waals surface area contributed by atoms with Gasteiger partial charge in [-0.2, -0.15) is 0 Å². The van der Waals surface area contributed by atoms with Gasteiger partial charge in [0.15, 0.2) is 0 Å². The second-order valence-corrected chi connectivity index (χ2v) is 8.79. The molecule has 6 heteroatoms. The number of para-hydroxylation sites is 1. The van der Waals surface area contributed by atoms with Crippen LogP contribution in [0.3, 0.4) is 0 Å². The van der Waals surface area contributed by atoms with Crippen molar-refractivity contribution in [3.8, 4) is 0 Å². The van der Waals surface area contributed by atoms with Gasteiger partial charge in [0, 0.05) is 51.1 Å². The van der Waals surface area contributed by atoms with Crippen molar-refractivity contribution in [1.82, 2.24) is 14.8 Å². The van der Waals surface area contributed by atoms with E-state index in [0.717, 1.165) is 30.0 Å². The summed E-state index contributed by atoms with van der Waals surface area (Å²) in [5.41, 5.74) is 3.32. The molecule has 0 saturated carbocycles. The number of amides is 2. The number of piperazine rings is 1. The first-order valence-electron chi connectivity index (χ1n) is 11.3. The monoisotopic (exact) mass is 428 g/mol. The molecule has 2 aliphatic rings. The Hall–Kier alpha value is -3.41. The van der Waals surface area contributed by atoms with Crippen LogP contribution in [0.15, 0.2) is 60.7 Å². The maximum Gasteiger partial charge on any atom is 0.228 e. The first-order chi connectivity index (χ1) is 15.6. The Morgan fingerprint density at radius 3 is 2.50 bits per heavy atom. The summed E-state index contributed by atoms with van der Waals surface area (Å²) in [5.74, 6) is 0.912. The average molecular weight is 429 g/mol. The van der Waals surface area contributed by atoms with Crippen LogP contribution in [0.25, 0.3) is 10.9 Å². The summed E-state index contributed by atoms with van der Waals surface area (Å²) in [4.78, 5) is 36.5. The van der Waals surface area contributed by atoms with Gasteiger partial charge in [-0.05, 0) is 30.2 Å². The highest BCUT2D eigenvalue weighted by molar-refractivity contribution is 5.89. The van der Waals surface area contributed by atoms with E-state index in [0.29, 0.717) is 32.6 Å². The molecule has 0 aliphatic carbocycles. The Balaban J connectivity index is 1.20. The molecule has 3 heterocycles. The number of rotatable bonds is 4. The van der Waals surface area contributed by atoms with Crippen LogP contribution in [0.5, 0.6) is 0 Å². The third kappa shape index (κ3) is 4.05. The van der Waals surface area contributed by atoms with Crippen molar-refractivity contribution in [2.45, 2.75) is 19.9 Å². The van der Waals surface area contributed by atoms with Crippen molar-refractivity contribution in [2.24, 2.45) is 5.92 Å². The van der Waals surface area contributed by atoms with Crippen LogP contribution in [-0.2, 0) is 16.1 Å². The van der Waals surface area contributed by atoms with Gasteiger partial charge >= 0.3 is 0 Å². The fraction of sp³-hybridized carbons (Fsp3) is 0.346. The topological polar surface area (TPSA) is 56.8 Å². The van der Waals surface area contributed by atoms with Gasteiger partial charge in [-0.15, -0.1) is 0 Å². The van der Waals surface area contributed by atoms with Gasteiger partial charge in [0.2, 0.25) is 11.8 Å². The molecule has 5 rings (SSSR count). The van der Waals surface area contributed by atoms with Crippen molar-refractivity contribution < 1.29 is 9.59 Å². The molecule has 164 valence electrons. The molecule has 2 aliphatic heterocycles. The fourth-order valence-corrected chi connectivity index (χ4v) is 4.80. The lowest BCUT2D eigenvalue weighted by atomic mass is 10.1. The third-order valence-electron chi connectivity index (χ3n) is 6.60. The van der Waals surface area contributed by atoms with Crippen LogP contribution in [-0.4, -0.2) is 59.3 Å². The van der Waals surface area contributed by atoms with Gasteiger partial charge < -0.3 is 14.7 Å². The number of carbonyl (C=O) groups excluding carboxylic acids is 2. The molecule has 32 heavy (non-hydrogen) atoms. The molecule has 2 saturated heterocycles. The number of pyridine rings is 1. The first kappa shape index (κ1) is 20.5. The van der Waals surface area contributed by atoms with E-state index in [4.69, 9.17) is 4.98 Å². The SMILES string of the molecule is Cc1cc(N2CCN(C(=O)C3CC(=O)N(Cc4ccccc4)C3)CC2)nc2ccccc12. The van der Waals surface area contributed by atoms with Crippen LogP contribution < -0.4 is 4.90 Å². The number of fused-ring (bicyclic) bond motifs is 1. The van der Waals surface area contributed by atoms with Crippen LogP contribution in [0, 0.1) is 12.8 Å². The highest BCUT2D eigenvalue weighted by atomic mass is 16.2. The van der Waals surface area contributed by atoms with Gasteiger partial charge in [0.25, 0.3) is 0 Å². The van der Waals surface area contributed by atoms with E-state index in [2.05, 4.69) is 24.0 Å². The number of carbonyl (C=O) groups is 2. The van der Waals surface area contributed by atoms with Crippen LogP contribution in [0.2, 0.25) is 0 Å². The number of nitrogens with zero attached hydrogens (tertiary/aromatic N) is 4. The van der Waals surface area contributed by atoms with Crippen molar-refractivity contribution >= 4 is 28.5 Å². The van der Waals surface area contributed by atoms with E-state index in [1.54, 1.807) is 0 Å². The summed E-state index contributed by atoms with van der Waals surface area (Å²) in [5, 5.41) is 1.18. The van der Waals surface area contributed by atoms with Gasteiger partial charge in [0.1, 0.15) is 5.82 Å². The minimum atomic E-state index is -0.237.